The Morgan fingerprint density at radius 3 is 2.21 bits per heavy atom. The van der Waals surface area contributed by atoms with Gasteiger partial charge in [0.15, 0.2) is 0 Å². The monoisotopic (exact) mass is 509 g/mol. The van der Waals surface area contributed by atoms with Crippen LogP contribution in [0.25, 0.3) is 0 Å². The van der Waals surface area contributed by atoms with Crippen LogP contribution < -0.4 is 5.32 Å². The minimum atomic E-state index is -3.64. The van der Waals surface area contributed by atoms with E-state index in [1.165, 1.54) is 66.9 Å². The summed E-state index contributed by atoms with van der Waals surface area (Å²) < 4.78 is 57.1. The van der Waals surface area contributed by atoms with E-state index in [4.69, 9.17) is 4.74 Å². The molecule has 0 unspecified atom stereocenters. The first-order valence-electron chi connectivity index (χ1n) is 10.6. The van der Waals surface area contributed by atoms with Crippen molar-refractivity contribution in [3.63, 3.8) is 0 Å². The van der Waals surface area contributed by atoms with Crippen LogP contribution in [0.15, 0.2) is 58.3 Å². The fourth-order valence-corrected chi connectivity index (χ4v) is 5.81. The summed E-state index contributed by atoms with van der Waals surface area (Å²) in [6, 6.07) is 11.1. The lowest BCUT2D eigenvalue weighted by molar-refractivity contribution is 0.0503. The van der Waals surface area contributed by atoms with Crippen LogP contribution in [0, 0.1) is 0 Å². The van der Waals surface area contributed by atoms with Gasteiger partial charge < -0.3 is 10.1 Å². The van der Waals surface area contributed by atoms with Crippen molar-refractivity contribution in [2.45, 2.75) is 22.6 Å². The van der Waals surface area contributed by atoms with E-state index in [1.807, 2.05) is 0 Å². The molecule has 12 heteroatoms. The van der Waals surface area contributed by atoms with E-state index >= 15 is 0 Å². The molecule has 0 spiro atoms. The summed E-state index contributed by atoms with van der Waals surface area (Å²) in [5.74, 6) is -1.16. The molecule has 2 aromatic rings. The summed E-state index contributed by atoms with van der Waals surface area (Å²) >= 11 is 0. The standard InChI is InChI=1S/C22H27N3O7S2/c1-24(2)33(28,29)19-10-8-17(9-11-19)22(27)32-15-12-23-21(26)18-6-5-7-20(16-18)34(30,31)25-13-3-4-14-25/h5-11,16H,3-4,12-15H2,1-2H3,(H,23,26). The Bertz CT molecular complexity index is 1250. The number of nitrogens with zero attached hydrogens (tertiary/aromatic N) is 2. The van der Waals surface area contributed by atoms with Crippen LogP contribution in [0.1, 0.15) is 33.6 Å². The van der Waals surface area contributed by atoms with Crippen molar-refractivity contribution in [2.75, 3.05) is 40.3 Å². The van der Waals surface area contributed by atoms with E-state index in [9.17, 15) is 26.4 Å². The van der Waals surface area contributed by atoms with Crippen LogP contribution in [0.3, 0.4) is 0 Å². The highest BCUT2D eigenvalue weighted by molar-refractivity contribution is 7.89. The number of rotatable bonds is 9. The fraction of sp³-hybridized carbons (Fsp3) is 0.364. The van der Waals surface area contributed by atoms with Gasteiger partial charge in [-0.3, -0.25) is 4.79 Å². The molecule has 1 aliphatic rings. The van der Waals surface area contributed by atoms with Crippen molar-refractivity contribution in [3.8, 4) is 0 Å². The third-order valence-corrected chi connectivity index (χ3v) is 9.01. The SMILES string of the molecule is CN(C)S(=O)(=O)c1ccc(C(=O)OCCNC(=O)c2cccc(S(=O)(=O)N3CCCC3)c2)cc1. The summed E-state index contributed by atoms with van der Waals surface area (Å²) in [5.41, 5.74) is 0.355. The lowest BCUT2D eigenvalue weighted by atomic mass is 10.2. The highest BCUT2D eigenvalue weighted by atomic mass is 32.2. The molecule has 1 heterocycles. The zero-order chi connectivity index (χ0) is 24.9. The molecule has 2 aromatic carbocycles. The van der Waals surface area contributed by atoms with Crippen LogP contribution >= 0.6 is 0 Å². The second kappa shape index (κ2) is 10.6. The molecular formula is C22H27N3O7S2. The van der Waals surface area contributed by atoms with E-state index in [2.05, 4.69) is 5.32 Å². The van der Waals surface area contributed by atoms with Crippen LogP contribution in [-0.4, -0.2) is 77.7 Å². The Morgan fingerprint density at radius 2 is 1.59 bits per heavy atom. The topological polar surface area (TPSA) is 130 Å². The number of hydrogen-bond donors (Lipinski definition) is 1. The Labute approximate surface area is 199 Å². The number of nitrogens with one attached hydrogen (secondary N) is 1. The maximum absolute atomic E-state index is 12.7. The quantitative estimate of drug-likeness (QED) is 0.398. The van der Waals surface area contributed by atoms with Crippen molar-refractivity contribution >= 4 is 31.9 Å². The highest BCUT2D eigenvalue weighted by Crippen LogP contribution is 2.21. The zero-order valence-electron chi connectivity index (χ0n) is 18.9. The van der Waals surface area contributed by atoms with Gasteiger partial charge in [0.2, 0.25) is 20.0 Å². The molecular weight excluding hydrogens is 482 g/mol. The van der Waals surface area contributed by atoms with Gasteiger partial charge in [0.25, 0.3) is 5.91 Å². The molecule has 3 rings (SSSR count). The van der Waals surface area contributed by atoms with Crippen LogP contribution in [0.4, 0.5) is 0 Å². The lowest BCUT2D eigenvalue weighted by Gasteiger charge is -2.16. The number of esters is 1. The molecule has 0 aliphatic carbocycles. The van der Waals surface area contributed by atoms with Gasteiger partial charge in [-0.05, 0) is 55.3 Å². The van der Waals surface area contributed by atoms with E-state index in [-0.39, 0.29) is 34.1 Å². The summed E-state index contributed by atoms with van der Waals surface area (Å²) in [7, 11) is -4.41. The van der Waals surface area contributed by atoms with Gasteiger partial charge in [-0.25, -0.2) is 25.9 Å². The molecule has 0 aromatic heterocycles. The van der Waals surface area contributed by atoms with Gasteiger partial charge in [0.1, 0.15) is 6.61 Å². The Hall–Kier alpha value is -2.80. The predicted octanol–water partition coefficient (Wildman–Crippen LogP) is 1.31. The second-order valence-electron chi connectivity index (χ2n) is 7.84. The molecule has 1 amide bonds. The summed E-state index contributed by atoms with van der Waals surface area (Å²) in [6.07, 6.45) is 1.63. The van der Waals surface area contributed by atoms with Crippen molar-refractivity contribution < 1.29 is 31.2 Å². The zero-order valence-corrected chi connectivity index (χ0v) is 20.6. The van der Waals surface area contributed by atoms with Crippen molar-refractivity contribution in [2.24, 2.45) is 0 Å². The second-order valence-corrected chi connectivity index (χ2v) is 11.9. The lowest BCUT2D eigenvalue weighted by Crippen LogP contribution is -2.29. The molecule has 1 aliphatic heterocycles. The first-order valence-corrected chi connectivity index (χ1v) is 13.5. The summed E-state index contributed by atoms with van der Waals surface area (Å²) in [4.78, 5) is 24.7. The van der Waals surface area contributed by atoms with Crippen molar-refractivity contribution in [1.82, 2.24) is 13.9 Å². The third-order valence-electron chi connectivity index (χ3n) is 5.29. The van der Waals surface area contributed by atoms with Crippen LogP contribution in [-0.2, 0) is 24.8 Å². The molecule has 184 valence electrons. The van der Waals surface area contributed by atoms with Gasteiger partial charge >= 0.3 is 5.97 Å². The van der Waals surface area contributed by atoms with Gasteiger partial charge in [0.05, 0.1) is 21.9 Å². The number of carbonyl (C=O) groups is 2. The number of hydrogen-bond acceptors (Lipinski definition) is 7. The minimum absolute atomic E-state index is 0.0147. The number of ether oxygens (including phenoxy) is 1. The molecule has 0 bridgehead atoms. The first kappa shape index (κ1) is 25.8. The van der Waals surface area contributed by atoms with Crippen molar-refractivity contribution in [1.29, 1.82) is 0 Å². The predicted molar refractivity (Wildman–Crippen MR) is 124 cm³/mol. The van der Waals surface area contributed by atoms with Gasteiger partial charge in [-0.1, -0.05) is 6.07 Å². The Balaban J connectivity index is 1.52. The molecule has 34 heavy (non-hydrogen) atoms. The van der Waals surface area contributed by atoms with Crippen LogP contribution in [0.2, 0.25) is 0 Å². The third kappa shape index (κ3) is 5.81. The van der Waals surface area contributed by atoms with Gasteiger partial charge in [-0.2, -0.15) is 4.31 Å². The fourth-order valence-electron chi connectivity index (χ4n) is 3.34. The summed E-state index contributed by atoms with van der Waals surface area (Å²) in [5, 5.41) is 2.59. The number of benzene rings is 2. The molecule has 10 nitrogen and oxygen atoms in total. The molecule has 0 saturated carbocycles. The molecule has 1 N–H and O–H groups in total. The molecule has 1 saturated heterocycles. The average molecular weight is 510 g/mol. The average Bonchev–Trinajstić information content (AvgIpc) is 3.37. The van der Waals surface area contributed by atoms with Gasteiger partial charge in [-0.15, -0.1) is 0 Å². The number of amides is 1. The highest BCUT2D eigenvalue weighted by Gasteiger charge is 2.27. The molecule has 0 radical (unpaired) electrons. The normalized spacial score (nSPS) is 14.8. The number of carbonyl (C=O) groups excluding carboxylic acids is 2. The molecule has 0 atom stereocenters. The van der Waals surface area contributed by atoms with E-state index < -0.39 is 31.9 Å². The smallest absolute Gasteiger partial charge is 0.338 e. The Kier molecular flexibility index (Phi) is 8.08. The van der Waals surface area contributed by atoms with Crippen molar-refractivity contribution in [3.05, 3.63) is 59.7 Å². The largest absolute Gasteiger partial charge is 0.460 e. The molecule has 1 fully saturated rings. The van der Waals surface area contributed by atoms with E-state index in [0.29, 0.717) is 13.1 Å². The number of sulfonamides is 2. The van der Waals surface area contributed by atoms with E-state index in [0.717, 1.165) is 17.1 Å². The van der Waals surface area contributed by atoms with E-state index in [1.54, 1.807) is 0 Å². The van der Waals surface area contributed by atoms with Crippen LogP contribution in [0.5, 0.6) is 0 Å². The maximum atomic E-state index is 12.7. The maximum Gasteiger partial charge on any atom is 0.338 e. The minimum Gasteiger partial charge on any atom is -0.460 e. The first-order chi connectivity index (χ1) is 16.0. The Morgan fingerprint density at radius 1 is 0.941 bits per heavy atom. The van der Waals surface area contributed by atoms with Gasteiger partial charge in [0, 0.05) is 32.7 Å². The summed E-state index contributed by atoms with van der Waals surface area (Å²) in [6.45, 7) is 0.839.